The molecule has 41 heavy (non-hydrogen) atoms. The third-order valence-electron chi connectivity index (χ3n) is 6.93. The number of nitrogens with one attached hydrogen (secondary N) is 1. The molecular weight excluding hydrogens is 522 g/mol. The molecule has 3 N–H and O–H groups in total. The predicted octanol–water partition coefficient (Wildman–Crippen LogP) is 4.84. The number of nitrogens with two attached hydrogens (primary N) is 1. The molecule has 228 valence electrons. The third-order valence-corrected chi connectivity index (χ3v) is 6.93. The first-order valence-electron chi connectivity index (χ1n) is 14.8. The molecule has 0 amide bonds. The summed E-state index contributed by atoms with van der Waals surface area (Å²) in [5, 5.41) is 3.55. The fourth-order valence-electron chi connectivity index (χ4n) is 4.66. The third kappa shape index (κ3) is 12.3. The van der Waals surface area contributed by atoms with Gasteiger partial charge in [-0.3, -0.25) is 9.59 Å². The molecule has 0 saturated heterocycles. The Morgan fingerprint density at radius 3 is 2.49 bits per heavy atom. The van der Waals surface area contributed by atoms with Crippen LogP contribution in [0.3, 0.4) is 0 Å². The summed E-state index contributed by atoms with van der Waals surface area (Å²) in [6, 6.07) is 6.25. The number of ether oxygens (including phenoxy) is 3. The van der Waals surface area contributed by atoms with Crippen molar-refractivity contribution in [3.8, 4) is 5.75 Å². The molecule has 2 rings (SSSR count). The molecule has 10 heteroatoms. The van der Waals surface area contributed by atoms with Crippen molar-refractivity contribution in [1.29, 1.82) is 0 Å². The van der Waals surface area contributed by atoms with Crippen LogP contribution in [0, 0.1) is 13.8 Å². The second kappa shape index (κ2) is 18.1. The first-order chi connectivity index (χ1) is 19.7. The van der Waals surface area contributed by atoms with Crippen molar-refractivity contribution in [2.45, 2.75) is 86.1 Å². The van der Waals surface area contributed by atoms with Gasteiger partial charge in [-0.05, 0) is 63.4 Å². The van der Waals surface area contributed by atoms with Gasteiger partial charge in [0.15, 0.2) is 0 Å². The van der Waals surface area contributed by atoms with Gasteiger partial charge in [0.1, 0.15) is 11.6 Å². The number of carbonyl (C=O) groups is 2. The Kier molecular flexibility index (Phi) is 14.9. The Bertz CT molecular complexity index is 1110. The Morgan fingerprint density at radius 2 is 1.83 bits per heavy atom. The van der Waals surface area contributed by atoms with Gasteiger partial charge in [-0.25, -0.2) is 4.98 Å². The predicted molar refractivity (Wildman–Crippen MR) is 162 cm³/mol. The minimum Gasteiger partial charge on any atom is -0.494 e. The Morgan fingerprint density at radius 1 is 1.05 bits per heavy atom. The molecular formula is C31H49N5O5. The summed E-state index contributed by atoms with van der Waals surface area (Å²) in [6.07, 6.45) is 4.50. The number of rotatable bonds is 19. The van der Waals surface area contributed by atoms with E-state index in [0.29, 0.717) is 45.6 Å². The van der Waals surface area contributed by atoms with Crippen molar-refractivity contribution in [3.05, 3.63) is 40.6 Å². The number of esters is 2. The van der Waals surface area contributed by atoms with Crippen LogP contribution in [0.4, 0.5) is 11.8 Å². The average Bonchev–Trinajstić information content (AvgIpc) is 2.91. The molecule has 0 aliphatic carbocycles. The Balaban J connectivity index is 2.01. The van der Waals surface area contributed by atoms with Crippen molar-refractivity contribution < 1.29 is 23.8 Å². The monoisotopic (exact) mass is 571 g/mol. The van der Waals surface area contributed by atoms with E-state index >= 15 is 0 Å². The zero-order valence-electron chi connectivity index (χ0n) is 25.8. The van der Waals surface area contributed by atoms with Crippen LogP contribution in [0.15, 0.2) is 18.2 Å². The summed E-state index contributed by atoms with van der Waals surface area (Å²) in [4.78, 5) is 34.0. The van der Waals surface area contributed by atoms with Crippen LogP contribution in [0.1, 0.15) is 82.2 Å². The summed E-state index contributed by atoms with van der Waals surface area (Å²) < 4.78 is 16.2. The lowest BCUT2D eigenvalue weighted by Crippen LogP contribution is -2.28. The first kappa shape index (κ1) is 33.8. The van der Waals surface area contributed by atoms with Crippen molar-refractivity contribution in [2.24, 2.45) is 0 Å². The van der Waals surface area contributed by atoms with Crippen LogP contribution >= 0.6 is 0 Å². The smallest absolute Gasteiger partial charge is 0.307 e. The van der Waals surface area contributed by atoms with Crippen molar-refractivity contribution in [2.75, 3.05) is 50.5 Å². The molecule has 0 aliphatic heterocycles. The highest BCUT2D eigenvalue weighted by Crippen LogP contribution is 2.26. The molecule has 0 aliphatic rings. The van der Waals surface area contributed by atoms with Gasteiger partial charge in [-0.15, -0.1) is 0 Å². The van der Waals surface area contributed by atoms with Crippen LogP contribution in [-0.2, 0) is 25.5 Å². The second-order valence-electron chi connectivity index (χ2n) is 10.2. The van der Waals surface area contributed by atoms with Gasteiger partial charge in [-0.2, -0.15) is 4.98 Å². The lowest BCUT2D eigenvalue weighted by molar-refractivity contribution is -0.143. The lowest BCUT2D eigenvalue weighted by atomic mass is 9.99. The van der Waals surface area contributed by atoms with E-state index in [1.165, 1.54) is 6.92 Å². The quantitative estimate of drug-likeness (QED) is 0.178. The standard InChI is InChI=1S/C31H49N5O5/c1-7-11-26(15-19-40-24(6)37)34-30-28(23(5)33-31(32)35-30)21-25-12-13-27(20-22(25)4)41-18-10-16-36(8-2)17-14-29(38)39-9-3/h12-13,20,26H,7-11,14-19,21H2,1-6H3,(H3,32,33,34,35)/t26-/m0/s1. The van der Waals surface area contributed by atoms with Crippen LogP contribution < -0.4 is 15.8 Å². The zero-order chi connectivity index (χ0) is 30.2. The molecule has 0 spiro atoms. The minimum atomic E-state index is -0.278. The van der Waals surface area contributed by atoms with Gasteiger partial charge in [0.25, 0.3) is 0 Å². The summed E-state index contributed by atoms with van der Waals surface area (Å²) in [5.74, 6) is 1.35. The number of hydrogen-bond acceptors (Lipinski definition) is 10. The largest absolute Gasteiger partial charge is 0.494 e. The van der Waals surface area contributed by atoms with Crippen LogP contribution in [0.25, 0.3) is 0 Å². The molecule has 10 nitrogen and oxygen atoms in total. The van der Waals surface area contributed by atoms with Crippen molar-refractivity contribution >= 4 is 23.7 Å². The number of carbonyl (C=O) groups excluding carboxylic acids is 2. The van der Waals surface area contributed by atoms with E-state index in [4.69, 9.17) is 19.9 Å². The maximum atomic E-state index is 11.6. The number of nitrogens with zero attached hydrogens (tertiary/aromatic N) is 3. The number of anilines is 2. The van der Waals surface area contributed by atoms with Gasteiger partial charge in [0, 0.05) is 50.2 Å². The summed E-state index contributed by atoms with van der Waals surface area (Å²) in [5.41, 5.74) is 10.1. The molecule has 0 bridgehead atoms. The molecule has 1 atom stereocenters. The average molecular weight is 572 g/mol. The maximum absolute atomic E-state index is 11.6. The van der Waals surface area contributed by atoms with Gasteiger partial charge >= 0.3 is 11.9 Å². The van der Waals surface area contributed by atoms with Gasteiger partial charge in [-0.1, -0.05) is 26.3 Å². The van der Waals surface area contributed by atoms with E-state index in [9.17, 15) is 9.59 Å². The van der Waals surface area contributed by atoms with Gasteiger partial charge < -0.3 is 30.2 Å². The Labute approximate surface area is 245 Å². The SMILES string of the molecule is CCC[C@@H](CCOC(C)=O)Nc1nc(N)nc(C)c1Cc1ccc(OCCCN(CC)CCC(=O)OCC)cc1C. The van der Waals surface area contributed by atoms with Crippen molar-refractivity contribution in [3.63, 3.8) is 0 Å². The minimum absolute atomic E-state index is 0.0949. The molecule has 0 saturated carbocycles. The fourth-order valence-corrected chi connectivity index (χ4v) is 4.66. The number of nitrogen functional groups attached to an aromatic ring is 1. The highest BCUT2D eigenvalue weighted by molar-refractivity contribution is 5.69. The summed E-state index contributed by atoms with van der Waals surface area (Å²) in [7, 11) is 0. The van der Waals surface area contributed by atoms with Crippen LogP contribution in [0.5, 0.6) is 5.75 Å². The normalized spacial score (nSPS) is 11.8. The molecule has 1 heterocycles. The molecule has 1 aromatic heterocycles. The van der Waals surface area contributed by atoms with Gasteiger partial charge in [0.05, 0.1) is 26.2 Å². The second-order valence-corrected chi connectivity index (χ2v) is 10.2. The summed E-state index contributed by atoms with van der Waals surface area (Å²) >= 11 is 0. The number of benzene rings is 1. The van der Waals surface area contributed by atoms with Crippen LogP contribution in [0.2, 0.25) is 0 Å². The fraction of sp³-hybridized carbons (Fsp3) is 0.613. The number of aromatic nitrogens is 2. The van der Waals surface area contributed by atoms with E-state index in [1.807, 2.05) is 19.9 Å². The van der Waals surface area contributed by atoms with E-state index in [-0.39, 0.29) is 23.9 Å². The summed E-state index contributed by atoms with van der Waals surface area (Å²) in [6.45, 7) is 15.3. The highest BCUT2D eigenvalue weighted by atomic mass is 16.5. The van der Waals surface area contributed by atoms with Gasteiger partial charge in [0.2, 0.25) is 5.95 Å². The van der Waals surface area contributed by atoms with E-state index in [1.54, 1.807) is 0 Å². The topological polar surface area (TPSA) is 129 Å². The lowest BCUT2D eigenvalue weighted by Gasteiger charge is -2.22. The molecule has 0 unspecified atom stereocenters. The molecule has 2 aromatic rings. The number of hydrogen-bond donors (Lipinski definition) is 2. The van der Waals surface area contributed by atoms with E-state index in [0.717, 1.165) is 66.3 Å². The first-order valence-corrected chi connectivity index (χ1v) is 14.8. The number of aryl methyl sites for hydroxylation is 2. The van der Waals surface area contributed by atoms with E-state index in [2.05, 4.69) is 53.1 Å². The van der Waals surface area contributed by atoms with E-state index < -0.39 is 0 Å². The molecule has 1 aromatic carbocycles. The van der Waals surface area contributed by atoms with Crippen LogP contribution in [-0.4, -0.2) is 72.3 Å². The molecule has 0 radical (unpaired) electrons. The molecule has 0 fully saturated rings. The highest BCUT2D eigenvalue weighted by Gasteiger charge is 2.17. The Hall–Kier alpha value is -3.40. The van der Waals surface area contributed by atoms with Crippen molar-refractivity contribution in [1.82, 2.24) is 14.9 Å². The zero-order valence-corrected chi connectivity index (χ0v) is 25.8. The maximum Gasteiger partial charge on any atom is 0.307 e.